The summed E-state index contributed by atoms with van der Waals surface area (Å²) in [5.74, 6) is 0.557. The minimum absolute atomic E-state index is 0.557. The zero-order valence-corrected chi connectivity index (χ0v) is 13.4. The van der Waals surface area contributed by atoms with Crippen molar-refractivity contribution in [1.29, 1.82) is 0 Å². The van der Waals surface area contributed by atoms with Crippen molar-refractivity contribution >= 4 is 27.3 Å². The van der Waals surface area contributed by atoms with Crippen molar-refractivity contribution in [2.75, 3.05) is 5.33 Å². The minimum Gasteiger partial charge on any atom is -0.148 e. The van der Waals surface area contributed by atoms with Gasteiger partial charge >= 0.3 is 0 Å². The first kappa shape index (κ1) is 13.8. The second kappa shape index (κ2) is 6.53. The van der Waals surface area contributed by atoms with Gasteiger partial charge in [0.15, 0.2) is 0 Å². The quantitative estimate of drug-likeness (QED) is 0.622. The Morgan fingerprint density at radius 2 is 2.00 bits per heavy atom. The topological polar surface area (TPSA) is 0 Å². The zero-order chi connectivity index (χ0) is 13.0. The van der Waals surface area contributed by atoms with Crippen LogP contribution in [-0.2, 0) is 0 Å². The van der Waals surface area contributed by atoms with Crippen molar-refractivity contribution in [3.63, 3.8) is 0 Å². The number of halogens is 1. The van der Waals surface area contributed by atoms with Crippen molar-refractivity contribution in [2.45, 2.75) is 32.6 Å². The Kier molecular flexibility index (Phi) is 5.02. The highest BCUT2D eigenvalue weighted by Crippen LogP contribution is 2.33. The lowest BCUT2D eigenvalue weighted by Crippen LogP contribution is -2.00. The van der Waals surface area contributed by atoms with Gasteiger partial charge in [0.05, 0.1) is 0 Å². The van der Waals surface area contributed by atoms with E-state index in [1.807, 2.05) is 11.3 Å². The molecule has 1 aromatic carbocycles. The summed E-state index contributed by atoms with van der Waals surface area (Å²) >= 11 is 5.41. The first-order valence-electron chi connectivity index (χ1n) is 6.39. The molecular weight excluding hydrogens is 304 g/mol. The molecule has 0 unspecified atom stereocenters. The van der Waals surface area contributed by atoms with Crippen LogP contribution in [0.25, 0.3) is 0 Å². The van der Waals surface area contributed by atoms with Gasteiger partial charge in [-0.25, -0.2) is 0 Å². The van der Waals surface area contributed by atoms with Crippen LogP contribution in [0.2, 0.25) is 0 Å². The average molecular weight is 323 g/mol. The molecule has 96 valence electrons. The molecule has 1 atom stereocenters. The number of rotatable bonds is 5. The summed E-state index contributed by atoms with van der Waals surface area (Å²) in [4.78, 5) is 1.49. The average Bonchev–Trinajstić information content (AvgIpc) is 2.88. The van der Waals surface area contributed by atoms with Gasteiger partial charge in [0.2, 0.25) is 0 Å². The summed E-state index contributed by atoms with van der Waals surface area (Å²) in [7, 11) is 0. The molecule has 1 heterocycles. The van der Waals surface area contributed by atoms with Gasteiger partial charge in [0, 0.05) is 16.1 Å². The largest absolute Gasteiger partial charge is 0.148 e. The first-order valence-corrected chi connectivity index (χ1v) is 8.39. The Labute approximate surface area is 122 Å². The molecule has 0 amide bonds. The summed E-state index contributed by atoms with van der Waals surface area (Å²) in [5.41, 5.74) is 4.23. The Bertz CT molecular complexity index is 488. The second-order valence-corrected chi connectivity index (χ2v) is 6.52. The van der Waals surface area contributed by atoms with E-state index in [0.29, 0.717) is 5.92 Å². The molecule has 0 nitrogen and oxygen atoms in total. The van der Waals surface area contributed by atoms with Crippen LogP contribution in [-0.4, -0.2) is 5.33 Å². The van der Waals surface area contributed by atoms with E-state index in [4.69, 9.17) is 0 Å². The molecule has 1 aromatic heterocycles. The van der Waals surface area contributed by atoms with E-state index in [1.54, 1.807) is 0 Å². The maximum absolute atomic E-state index is 3.54. The molecule has 0 saturated carbocycles. The summed E-state index contributed by atoms with van der Waals surface area (Å²) in [6.45, 7) is 4.38. The molecule has 0 spiro atoms. The molecule has 0 aliphatic carbocycles. The summed E-state index contributed by atoms with van der Waals surface area (Å²) in [5, 5.41) is 3.26. The Hall–Kier alpha value is -0.600. The third-order valence-electron chi connectivity index (χ3n) is 3.45. The first-order chi connectivity index (χ1) is 8.72. The summed E-state index contributed by atoms with van der Waals surface area (Å²) in [6, 6.07) is 11.3. The van der Waals surface area contributed by atoms with E-state index < -0.39 is 0 Å². The molecule has 2 aromatic rings. The Morgan fingerprint density at radius 1 is 1.17 bits per heavy atom. The van der Waals surface area contributed by atoms with Crippen LogP contribution in [0.5, 0.6) is 0 Å². The zero-order valence-electron chi connectivity index (χ0n) is 10.9. The smallest absolute Gasteiger partial charge is 0.0184 e. The molecule has 2 rings (SSSR count). The van der Waals surface area contributed by atoms with Crippen molar-refractivity contribution in [1.82, 2.24) is 0 Å². The van der Waals surface area contributed by atoms with Crippen LogP contribution < -0.4 is 0 Å². The third-order valence-corrected chi connectivity index (χ3v) is 4.99. The number of hydrogen-bond acceptors (Lipinski definition) is 1. The van der Waals surface area contributed by atoms with Crippen molar-refractivity contribution in [2.24, 2.45) is 0 Å². The van der Waals surface area contributed by atoms with Gasteiger partial charge in [-0.15, -0.1) is 11.3 Å². The maximum atomic E-state index is 3.54. The summed E-state index contributed by atoms with van der Waals surface area (Å²) < 4.78 is 0. The van der Waals surface area contributed by atoms with Crippen LogP contribution in [0, 0.1) is 13.8 Å². The lowest BCUT2D eigenvalue weighted by molar-refractivity contribution is 0.715. The molecular formula is C16H19BrS. The molecule has 18 heavy (non-hydrogen) atoms. The maximum Gasteiger partial charge on any atom is 0.0184 e. The lowest BCUT2D eigenvalue weighted by atomic mass is 9.91. The highest BCUT2D eigenvalue weighted by molar-refractivity contribution is 9.09. The fourth-order valence-electron chi connectivity index (χ4n) is 2.23. The second-order valence-electron chi connectivity index (χ2n) is 4.74. The number of hydrogen-bond donors (Lipinski definition) is 0. The number of thiophene rings is 1. The van der Waals surface area contributed by atoms with E-state index in [-0.39, 0.29) is 0 Å². The SMILES string of the molecule is Cc1ccc([C@@H](CCCBr)c2cccs2)cc1C. The predicted octanol–water partition coefficient (Wildman–Crippen LogP) is 5.67. The van der Waals surface area contributed by atoms with Gasteiger partial charge in [-0.05, 0) is 54.8 Å². The molecule has 0 radical (unpaired) electrons. The third kappa shape index (κ3) is 3.24. The van der Waals surface area contributed by atoms with E-state index >= 15 is 0 Å². The van der Waals surface area contributed by atoms with Gasteiger partial charge < -0.3 is 0 Å². The standard InChI is InChI=1S/C16H19BrS/c1-12-7-8-14(11-13(12)2)15(5-3-9-17)16-6-4-10-18-16/h4,6-8,10-11,15H,3,5,9H2,1-2H3/t15-/m1/s1. The molecule has 0 aliphatic rings. The van der Waals surface area contributed by atoms with E-state index in [0.717, 1.165) is 5.33 Å². The van der Waals surface area contributed by atoms with Crippen molar-refractivity contribution in [3.05, 3.63) is 57.3 Å². The number of benzene rings is 1. The highest BCUT2D eigenvalue weighted by atomic mass is 79.9. The molecule has 0 N–H and O–H groups in total. The predicted molar refractivity (Wildman–Crippen MR) is 85.1 cm³/mol. The summed E-state index contributed by atoms with van der Waals surface area (Å²) in [6.07, 6.45) is 2.43. The van der Waals surface area contributed by atoms with E-state index in [1.165, 1.54) is 34.4 Å². The van der Waals surface area contributed by atoms with Gasteiger partial charge in [-0.1, -0.05) is 40.2 Å². The van der Waals surface area contributed by atoms with Gasteiger partial charge in [0.1, 0.15) is 0 Å². The van der Waals surface area contributed by atoms with E-state index in [9.17, 15) is 0 Å². The minimum atomic E-state index is 0.557. The van der Waals surface area contributed by atoms with Gasteiger partial charge in [-0.2, -0.15) is 0 Å². The van der Waals surface area contributed by atoms with E-state index in [2.05, 4.69) is 65.5 Å². The fraction of sp³-hybridized carbons (Fsp3) is 0.375. The van der Waals surface area contributed by atoms with Crippen LogP contribution in [0.1, 0.15) is 40.3 Å². The van der Waals surface area contributed by atoms with Crippen LogP contribution in [0.4, 0.5) is 0 Å². The van der Waals surface area contributed by atoms with Crippen molar-refractivity contribution < 1.29 is 0 Å². The van der Waals surface area contributed by atoms with Crippen molar-refractivity contribution in [3.8, 4) is 0 Å². The highest BCUT2D eigenvalue weighted by Gasteiger charge is 2.15. The molecule has 0 bridgehead atoms. The van der Waals surface area contributed by atoms with Gasteiger partial charge in [0.25, 0.3) is 0 Å². The normalized spacial score (nSPS) is 12.6. The van der Waals surface area contributed by atoms with Crippen LogP contribution in [0.3, 0.4) is 0 Å². The van der Waals surface area contributed by atoms with Crippen LogP contribution >= 0.6 is 27.3 Å². The number of alkyl halides is 1. The van der Waals surface area contributed by atoms with Gasteiger partial charge in [-0.3, -0.25) is 0 Å². The Morgan fingerprint density at radius 3 is 2.61 bits per heavy atom. The molecule has 2 heteroatoms. The lowest BCUT2D eigenvalue weighted by Gasteiger charge is -2.17. The molecule has 0 aliphatic heterocycles. The number of aryl methyl sites for hydroxylation is 2. The molecule has 0 saturated heterocycles. The van der Waals surface area contributed by atoms with Crippen LogP contribution in [0.15, 0.2) is 35.7 Å². The Balaban J connectivity index is 2.30. The fourth-order valence-corrected chi connectivity index (χ4v) is 3.44. The monoisotopic (exact) mass is 322 g/mol. The molecule has 0 fully saturated rings.